The molecule has 1 aromatic rings. The third-order valence-corrected chi connectivity index (χ3v) is 4.30. The fraction of sp³-hybridized carbons (Fsp3) is 0.600. The van der Waals surface area contributed by atoms with Crippen molar-refractivity contribution in [2.24, 2.45) is 5.41 Å². The zero-order valence-corrected chi connectivity index (χ0v) is 16.8. The molecule has 0 spiro atoms. The lowest BCUT2D eigenvalue weighted by Crippen LogP contribution is -2.56. The normalized spacial score (nSPS) is 14.7. The van der Waals surface area contributed by atoms with Crippen LogP contribution in [0.4, 0.5) is 26.3 Å². The van der Waals surface area contributed by atoms with Crippen LogP contribution in [0.3, 0.4) is 0 Å². The Labute approximate surface area is 161 Å². The highest BCUT2D eigenvalue weighted by Crippen LogP contribution is 2.53. The van der Waals surface area contributed by atoms with Gasteiger partial charge in [-0.25, -0.2) is 0 Å². The van der Waals surface area contributed by atoms with Crippen molar-refractivity contribution in [3.63, 3.8) is 0 Å². The molecule has 160 valence electrons. The Bertz CT molecular complexity index is 648. The zero-order chi connectivity index (χ0) is 22.0. The van der Waals surface area contributed by atoms with Crippen molar-refractivity contribution in [1.29, 1.82) is 0 Å². The van der Waals surface area contributed by atoms with Crippen LogP contribution in [0.25, 0.3) is 0 Å². The molecule has 0 saturated carbocycles. The van der Waals surface area contributed by atoms with Crippen molar-refractivity contribution in [2.75, 3.05) is 13.9 Å². The second kappa shape index (κ2) is 8.45. The van der Waals surface area contributed by atoms with Crippen LogP contribution in [0, 0.1) is 5.41 Å². The minimum absolute atomic E-state index is 0.183. The zero-order valence-electron chi connectivity index (χ0n) is 16.8. The lowest BCUT2D eigenvalue weighted by Gasteiger charge is -2.37. The van der Waals surface area contributed by atoms with E-state index in [1.807, 2.05) is 40.7 Å². The standard InChI is InChI=1S/C20H26F6O2/c1-13(2)11-16(17(3,4)5)14-7-9-15(10-8-14)18(19(21,22)23,20(24,25)26)28-12-27-6/h7-11,16H,12H2,1-6H3. The van der Waals surface area contributed by atoms with Crippen molar-refractivity contribution in [3.05, 3.63) is 47.0 Å². The molecule has 28 heavy (non-hydrogen) atoms. The van der Waals surface area contributed by atoms with Gasteiger partial charge in [0.15, 0.2) is 0 Å². The van der Waals surface area contributed by atoms with Crippen LogP contribution < -0.4 is 0 Å². The largest absolute Gasteiger partial charge is 0.430 e. The summed E-state index contributed by atoms with van der Waals surface area (Å²) in [5.41, 5.74) is -4.19. The SMILES string of the molecule is COCOC(c1ccc(C(C=C(C)C)C(C)(C)C)cc1)(C(F)(F)F)C(F)(F)F. The van der Waals surface area contributed by atoms with Crippen molar-refractivity contribution in [3.8, 4) is 0 Å². The minimum Gasteiger partial charge on any atom is -0.359 e. The number of benzene rings is 1. The lowest BCUT2D eigenvalue weighted by atomic mass is 9.75. The van der Waals surface area contributed by atoms with Crippen LogP contribution in [0.15, 0.2) is 35.9 Å². The molecule has 0 aliphatic heterocycles. The van der Waals surface area contributed by atoms with Gasteiger partial charge in [-0.2, -0.15) is 26.3 Å². The fourth-order valence-corrected chi connectivity index (χ4v) is 2.99. The molecular weight excluding hydrogens is 386 g/mol. The molecule has 1 rings (SSSR count). The number of hydrogen-bond acceptors (Lipinski definition) is 2. The van der Waals surface area contributed by atoms with Gasteiger partial charge in [-0.1, -0.05) is 56.7 Å². The number of allylic oxidation sites excluding steroid dienone is 2. The predicted octanol–water partition coefficient (Wildman–Crippen LogP) is 6.72. The number of methoxy groups -OCH3 is 1. The Kier molecular flexibility index (Phi) is 7.39. The number of halogens is 6. The van der Waals surface area contributed by atoms with Gasteiger partial charge in [0.2, 0.25) is 0 Å². The molecule has 1 atom stereocenters. The Hall–Kier alpha value is -1.54. The number of alkyl halides is 6. The topological polar surface area (TPSA) is 18.5 Å². The molecular formula is C20H26F6O2. The van der Waals surface area contributed by atoms with E-state index in [-0.39, 0.29) is 11.3 Å². The van der Waals surface area contributed by atoms with Crippen LogP contribution in [0.5, 0.6) is 0 Å². The summed E-state index contributed by atoms with van der Waals surface area (Å²) in [5, 5.41) is 0. The Morgan fingerprint density at radius 2 is 1.39 bits per heavy atom. The summed E-state index contributed by atoms with van der Waals surface area (Å²) in [6.45, 7) is 8.44. The Morgan fingerprint density at radius 3 is 1.71 bits per heavy atom. The minimum atomic E-state index is -5.73. The van der Waals surface area contributed by atoms with Gasteiger partial charge in [0.1, 0.15) is 6.79 Å². The van der Waals surface area contributed by atoms with Gasteiger partial charge in [-0.15, -0.1) is 0 Å². The maximum Gasteiger partial charge on any atom is 0.430 e. The van der Waals surface area contributed by atoms with Gasteiger partial charge in [-0.3, -0.25) is 0 Å². The molecule has 0 aliphatic rings. The van der Waals surface area contributed by atoms with E-state index in [2.05, 4.69) is 9.47 Å². The summed E-state index contributed by atoms with van der Waals surface area (Å²) >= 11 is 0. The third kappa shape index (κ3) is 5.08. The molecule has 0 aromatic heterocycles. The highest BCUT2D eigenvalue weighted by Gasteiger charge is 2.73. The first-order chi connectivity index (χ1) is 12.6. The van der Waals surface area contributed by atoms with Gasteiger partial charge in [0.05, 0.1) is 0 Å². The molecule has 0 radical (unpaired) electrons. The second-order valence-corrected chi connectivity index (χ2v) is 7.94. The maximum atomic E-state index is 13.6. The molecule has 1 aromatic carbocycles. The maximum absolute atomic E-state index is 13.6. The summed E-state index contributed by atoms with van der Waals surface area (Å²) in [6.07, 6.45) is -9.51. The molecule has 0 fully saturated rings. The van der Waals surface area contributed by atoms with E-state index in [9.17, 15) is 26.3 Å². The van der Waals surface area contributed by atoms with E-state index in [0.29, 0.717) is 5.56 Å². The molecule has 0 amide bonds. The number of rotatable bonds is 6. The van der Waals surface area contributed by atoms with Crippen LogP contribution in [0.2, 0.25) is 0 Å². The van der Waals surface area contributed by atoms with Gasteiger partial charge in [0.25, 0.3) is 5.60 Å². The summed E-state index contributed by atoms with van der Waals surface area (Å²) < 4.78 is 90.1. The third-order valence-electron chi connectivity index (χ3n) is 4.30. The Balaban J connectivity index is 3.57. The quantitative estimate of drug-likeness (QED) is 0.293. The first kappa shape index (κ1) is 24.5. The number of hydrogen-bond donors (Lipinski definition) is 0. The van der Waals surface area contributed by atoms with Gasteiger partial charge in [0, 0.05) is 18.6 Å². The highest BCUT2D eigenvalue weighted by atomic mass is 19.4. The van der Waals surface area contributed by atoms with Crippen molar-refractivity contribution in [2.45, 2.75) is 58.5 Å². The summed E-state index contributed by atoms with van der Waals surface area (Å²) in [5.74, 6) is -0.183. The fourth-order valence-electron chi connectivity index (χ4n) is 2.99. The van der Waals surface area contributed by atoms with E-state index >= 15 is 0 Å². The summed E-state index contributed by atoms with van der Waals surface area (Å²) in [6, 6.07) is 4.22. The highest BCUT2D eigenvalue weighted by molar-refractivity contribution is 5.35. The molecule has 1 unspecified atom stereocenters. The lowest BCUT2D eigenvalue weighted by molar-refractivity contribution is -0.400. The molecule has 0 heterocycles. The molecule has 0 aliphatic carbocycles. The molecule has 2 nitrogen and oxygen atoms in total. The first-order valence-electron chi connectivity index (χ1n) is 8.59. The van der Waals surface area contributed by atoms with Gasteiger partial charge >= 0.3 is 12.4 Å². The van der Waals surface area contributed by atoms with Gasteiger partial charge in [-0.05, 0) is 24.8 Å². The van der Waals surface area contributed by atoms with E-state index in [4.69, 9.17) is 0 Å². The van der Waals surface area contributed by atoms with Crippen molar-refractivity contribution < 1.29 is 35.8 Å². The van der Waals surface area contributed by atoms with E-state index in [1.54, 1.807) is 0 Å². The van der Waals surface area contributed by atoms with Crippen molar-refractivity contribution in [1.82, 2.24) is 0 Å². The van der Waals surface area contributed by atoms with E-state index < -0.39 is 30.3 Å². The smallest absolute Gasteiger partial charge is 0.359 e. The molecule has 0 bridgehead atoms. The van der Waals surface area contributed by atoms with Crippen LogP contribution in [-0.2, 0) is 15.1 Å². The first-order valence-corrected chi connectivity index (χ1v) is 8.59. The van der Waals surface area contributed by atoms with E-state index in [0.717, 1.165) is 24.8 Å². The van der Waals surface area contributed by atoms with E-state index in [1.165, 1.54) is 12.1 Å². The molecule has 8 heteroatoms. The van der Waals surface area contributed by atoms with Gasteiger partial charge < -0.3 is 9.47 Å². The van der Waals surface area contributed by atoms with Crippen LogP contribution >= 0.6 is 0 Å². The van der Waals surface area contributed by atoms with Crippen LogP contribution in [0.1, 0.15) is 51.7 Å². The van der Waals surface area contributed by atoms with Crippen LogP contribution in [-0.4, -0.2) is 26.3 Å². The summed E-state index contributed by atoms with van der Waals surface area (Å²) in [4.78, 5) is 0. The van der Waals surface area contributed by atoms with Crippen molar-refractivity contribution >= 4 is 0 Å². The average molecular weight is 412 g/mol. The predicted molar refractivity (Wildman–Crippen MR) is 94.8 cm³/mol. The second-order valence-electron chi connectivity index (χ2n) is 7.94. The molecule has 0 N–H and O–H groups in total. The summed E-state index contributed by atoms with van der Waals surface area (Å²) in [7, 11) is 0.952. The number of ether oxygens (including phenoxy) is 2. The average Bonchev–Trinajstić information content (AvgIpc) is 2.50. The molecule has 0 saturated heterocycles. The monoisotopic (exact) mass is 412 g/mol. The Morgan fingerprint density at radius 1 is 0.929 bits per heavy atom.